The van der Waals surface area contributed by atoms with Crippen molar-refractivity contribution in [2.24, 2.45) is 0 Å². The molecule has 0 saturated heterocycles. The lowest BCUT2D eigenvalue weighted by Gasteiger charge is -2.21. The summed E-state index contributed by atoms with van der Waals surface area (Å²) < 4.78 is 0. The minimum Gasteiger partial charge on any atom is -0.395 e. The average molecular weight is 260 g/mol. The molecule has 0 spiro atoms. The van der Waals surface area contributed by atoms with E-state index in [1.54, 1.807) is 0 Å². The summed E-state index contributed by atoms with van der Waals surface area (Å²) in [5.41, 5.74) is 5.68. The fourth-order valence-electron chi connectivity index (χ4n) is 1.35. The van der Waals surface area contributed by atoms with E-state index in [2.05, 4.69) is 4.98 Å². The number of pyridine rings is 1. The number of amides is 1. The lowest BCUT2D eigenvalue weighted by atomic mass is 10.2. The van der Waals surface area contributed by atoms with Crippen molar-refractivity contribution in [3.63, 3.8) is 0 Å². The third kappa shape index (κ3) is 3.55. The summed E-state index contributed by atoms with van der Waals surface area (Å²) in [6.45, 7) is -0.135. The van der Waals surface area contributed by atoms with Gasteiger partial charge in [0.1, 0.15) is 5.82 Å². The maximum atomic E-state index is 12.0. The smallest absolute Gasteiger partial charge is 0.255 e. The van der Waals surface area contributed by atoms with E-state index >= 15 is 0 Å². The number of aliphatic hydroxyl groups excluding tert-OH is 2. The minimum absolute atomic E-state index is 0.123. The molecule has 7 heteroatoms. The van der Waals surface area contributed by atoms with Gasteiger partial charge in [-0.05, 0) is 6.07 Å². The Morgan fingerprint density at radius 1 is 1.41 bits per heavy atom. The van der Waals surface area contributed by atoms with E-state index in [-0.39, 0.29) is 42.7 Å². The van der Waals surface area contributed by atoms with Crippen LogP contribution in [0, 0.1) is 0 Å². The monoisotopic (exact) mass is 259 g/mol. The zero-order valence-corrected chi connectivity index (χ0v) is 9.89. The van der Waals surface area contributed by atoms with E-state index < -0.39 is 5.91 Å². The number of nitrogen functional groups attached to an aromatic ring is 1. The number of nitrogens with zero attached hydrogens (tertiary/aromatic N) is 2. The molecule has 0 fully saturated rings. The number of hydrogen-bond acceptors (Lipinski definition) is 5. The standard InChI is InChI=1S/C10H14ClN3O3/c11-8-6-13-9(12)5-7(8)10(17)14(1-3-15)2-4-16/h5-6,15-16H,1-4H2,(H2,12,13). The van der Waals surface area contributed by atoms with Gasteiger partial charge in [0.25, 0.3) is 5.91 Å². The van der Waals surface area contributed by atoms with Crippen molar-refractivity contribution in [3.05, 3.63) is 22.8 Å². The number of halogens is 1. The molecule has 1 heterocycles. The third-order valence-electron chi connectivity index (χ3n) is 2.13. The second-order valence-corrected chi connectivity index (χ2v) is 3.74. The Morgan fingerprint density at radius 3 is 2.53 bits per heavy atom. The Morgan fingerprint density at radius 2 is 2.00 bits per heavy atom. The van der Waals surface area contributed by atoms with Gasteiger partial charge in [-0.15, -0.1) is 0 Å². The second-order valence-electron chi connectivity index (χ2n) is 3.33. The average Bonchev–Trinajstić information content (AvgIpc) is 2.31. The summed E-state index contributed by atoms with van der Waals surface area (Å²) in [5.74, 6) is -0.210. The maximum Gasteiger partial charge on any atom is 0.255 e. The van der Waals surface area contributed by atoms with Crippen molar-refractivity contribution in [1.29, 1.82) is 0 Å². The van der Waals surface area contributed by atoms with Crippen molar-refractivity contribution in [2.45, 2.75) is 0 Å². The Kier molecular flexibility index (Phi) is 5.14. The van der Waals surface area contributed by atoms with Crippen LogP contribution in [0.3, 0.4) is 0 Å². The molecule has 1 rings (SSSR count). The molecule has 1 aromatic heterocycles. The molecule has 0 unspecified atom stereocenters. The first kappa shape index (κ1) is 13.7. The molecule has 0 aliphatic heterocycles. The first-order chi connectivity index (χ1) is 8.10. The first-order valence-corrected chi connectivity index (χ1v) is 5.40. The number of aliphatic hydroxyl groups is 2. The summed E-state index contributed by atoms with van der Waals surface area (Å²) in [4.78, 5) is 17.1. The van der Waals surface area contributed by atoms with Crippen LogP contribution in [-0.4, -0.2) is 52.3 Å². The summed E-state index contributed by atoms with van der Waals surface area (Å²) in [7, 11) is 0. The summed E-state index contributed by atoms with van der Waals surface area (Å²) in [5, 5.41) is 17.9. The number of hydrogen-bond donors (Lipinski definition) is 3. The fourth-order valence-corrected chi connectivity index (χ4v) is 1.53. The molecule has 1 aromatic rings. The van der Waals surface area contributed by atoms with E-state index in [9.17, 15) is 4.79 Å². The highest BCUT2D eigenvalue weighted by molar-refractivity contribution is 6.33. The van der Waals surface area contributed by atoms with Crippen LogP contribution < -0.4 is 5.73 Å². The van der Waals surface area contributed by atoms with Gasteiger partial charge in [-0.1, -0.05) is 11.6 Å². The lowest BCUT2D eigenvalue weighted by Crippen LogP contribution is -2.36. The molecule has 1 amide bonds. The van der Waals surface area contributed by atoms with Crippen LogP contribution in [0.5, 0.6) is 0 Å². The molecule has 0 bridgehead atoms. The van der Waals surface area contributed by atoms with Gasteiger partial charge >= 0.3 is 0 Å². The molecular formula is C10H14ClN3O3. The molecule has 0 atom stereocenters. The number of rotatable bonds is 5. The Hall–Kier alpha value is -1.37. The van der Waals surface area contributed by atoms with Crippen LogP contribution in [0.15, 0.2) is 12.3 Å². The van der Waals surface area contributed by atoms with E-state index in [0.29, 0.717) is 0 Å². The molecule has 0 saturated carbocycles. The van der Waals surface area contributed by atoms with Crippen molar-refractivity contribution >= 4 is 23.3 Å². The van der Waals surface area contributed by atoms with Gasteiger partial charge in [0, 0.05) is 19.3 Å². The molecule has 6 nitrogen and oxygen atoms in total. The summed E-state index contributed by atoms with van der Waals surface area (Å²) >= 11 is 5.84. The van der Waals surface area contributed by atoms with Gasteiger partial charge in [0.2, 0.25) is 0 Å². The van der Waals surface area contributed by atoms with Crippen LogP contribution in [0.25, 0.3) is 0 Å². The quantitative estimate of drug-likeness (QED) is 0.677. The van der Waals surface area contributed by atoms with Crippen molar-refractivity contribution in [1.82, 2.24) is 9.88 Å². The Balaban J connectivity index is 2.95. The van der Waals surface area contributed by atoms with Crippen LogP contribution in [0.2, 0.25) is 5.02 Å². The second kappa shape index (κ2) is 6.39. The number of nitrogens with two attached hydrogens (primary N) is 1. The molecule has 0 aliphatic carbocycles. The van der Waals surface area contributed by atoms with E-state index in [1.165, 1.54) is 17.2 Å². The lowest BCUT2D eigenvalue weighted by molar-refractivity contribution is 0.0685. The molecule has 4 N–H and O–H groups in total. The van der Waals surface area contributed by atoms with Crippen molar-refractivity contribution < 1.29 is 15.0 Å². The number of anilines is 1. The largest absolute Gasteiger partial charge is 0.395 e. The maximum absolute atomic E-state index is 12.0. The number of aromatic nitrogens is 1. The predicted octanol–water partition coefficient (Wildman–Crippen LogP) is -0.256. The molecule has 17 heavy (non-hydrogen) atoms. The Labute approximate surface area is 104 Å². The zero-order chi connectivity index (χ0) is 12.8. The van der Waals surface area contributed by atoms with Gasteiger partial charge in [0.05, 0.1) is 23.8 Å². The molecule has 0 radical (unpaired) electrons. The molecule has 0 aromatic carbocycles. The third-order valence-corrected chi connectivity index (χ3v) is 2.44. The highest BCUT2D eigenvalue weighted by Gasteiger charge is 2.18. The highest BCUT2D eigenvalue weighted by atomic mass is 35.5. The molecule has 0 aliphatic rings. The minimum atomic E-state index is -0.396. The van der Waals surface area contributed by atoms with E-state index in [1.807, 2.05) is 0 Å². The molecular weight excluding hydrogens is 246 g/mol. The highest BCUT2D eigenvalue weighted by Crippen LogP contribution is 2.18. The van der Waals surface area contributed by atoms with Crippen LogP contribution in [0.1, 0.15) is 10.4 Å². The number of carbonyl (C=O) groups excluding carboxylic acids is 1. The zero-order valence-electron chi connectivity index (χ0n) is 9.14. The van der Waals surface area contributed by atoms with E-state index in [0.717, 1.165) is 0 Å². The van der Waals surface area contributed by atoms with Crippen LogP contribution >= 0.6 is 11.6 Å². The SMILES string of the molecule is Nc1cc(C(=O)N(CCO)CCO)c(Cl)cn1. The van der Waals surface area contributed by atoms with Gasteiger partial charge in [0.15, 0.2) is 0 Å². The summed E-state index contributed by atoms with van der Waals surface area (Å²) in [6.07, 6.45) is 1.29. The first-order valence-electron chi connectivity index (χ1n) is 5.02. The summed E-state index contributed by atoms with van der Waals surface area (Å²) in [6, 6.07) is 1.37. The van der Waals surface area contributed by atoms with Crippen LogP contribution in [-0.2, 0) is 0 Å². The molecule has 94 valence electrons. The van der Waals surface area contributed by atoms with E-state index in [4.69, 9.17) is 27.5 Å². The van der Waals surface area contributed by atoms with Gasteiger partial charge in [-0.25, -0.2) is 4.98 Å². The van der Waals surface area contributed by atoms with Crippen molar-refractivity contribution in [3.8, 4) is 0 Å². The predicted molar refractivity (Wildman–Crippen MR) is 63.7 cm³/mol. The van der Waals surface area contributed by atoms with Gasteiger partial charge in [-0.2, -0.15) is 0 Å². The van der Waals surface area contributed by atoms with Gasteiger partial charge < -0.3 is 20.8 Å². The van der Waals surface area contributed by atoms with Gasteiger partial charge in [-0.3, -0.25) is 4.79 Å². The topological polar surface area (TPSA) is 99.7 Å². The Bertz CT molecular complexity index is 394. The van der Waals surface area contributed by atoms with Crippen molar-refractivity contribution in [2.75, 3.05) is 32.0 Å². The fraction of sp³-hybridized carbons (Fsp3) is 0.400. The van der Waals surface area contributed by atoms with Crippen LogP contribution in [0.4, 0.5) is 5.82 Å². The number of carbonyl (C=O) groups is 1. The normalized spacial score (nSPS) is 10.3.